The van der Waals surface area contributed by atoms with Crippen molar-refractivity contribution in [2.45, 2.75) is 51.8 Å². The van der Waals surface area contributed by atoms with Crippen molar-refractivity contribution in [3.63, 3.8) is 0 Å². The largest absolute Gasteiger partial charge is 0.507 e. The molecule has 0 aliphatic carbocycles. The summed E-state index contributed by atoms with van der Waals surface area (Å²) in [5.74, 6) is -0.146. The predicted octanol–water partition coefficient (Wildman–Crippen LogP) is 5.21. The fraction of sp³-hybridized carbons (Fsp3) is 0.300. The molecular weight excluding hydrogens is 468 g/mol. The van der Waals surface area contributed by atoms with Gasteiger partial charge in [0.25, 0.3) is 11.7 Å². The smallest absolute Gasteiger partial charge is 0.295 e. The summed E-state index contributed by atoms with van der Waals surface area (Å²) in [6, 6.07) is 15.6. The zero-order chi connectivity index (χ0) is 25.9. The predicted molar refractivity (Wildman–Crippen MR) is 139 cm³/mol. The van der Waals surface area contributed by atoms with E-state index in [1.165, 1.54) is 4.90 Å². The number of aromatic nitrogens is 1. The first-order valence-corrected chi connectivity index (χ1v) is 12.7. The van der Waals surface area contributed by atoms with Crippen molar-refractivity contribution in [3.8, 4) is 11.5 Å². The number of fused-ring (bicyclic) bond motifs is 1. The highest BCUT2D eigenvalue weighted by molar-refractivity contribution is 6.46. The van der Waals surface area contributed by atoms with Gasteiger partial charge in [-0.1, -0.05) is 31.5 Å². The first-order chi connectivity index (χ1) is 18.0. The van der Waals surface area contributed by atoms with E-state index in [0.717, 1.165) is 29.7 Å². The van der Waals surface area contributed by atoms with Crippen LogP contribution in [-0.4, -0.2) is 39.4 Å². The number of benzene rings is 2. The van der Waals surface area contributed by atoms with E-state index in [1.54, 1.807) is 30.6 Å². The highest BCUT2D eigenvalue weighted by atomic mass is 16.5. The van der Waals surface area contributed by atoms with E-state index in [9.17, 15) is 14.7 Å². The number of hydrogen-bond donors (Lipinski definition) is 1. The summed E-state index contributed by atoms with van der Waals surface area (Å²) >= 11 is 0. The number of likely N-dealkylation sites (tertiary alicyclic amines) is 1. The summed E-state index contributed by atoms with van der Waals surface area (Å²) in [5.41, 5.74) is 2.98. The Labute approximate surface area is 216 Å². The monoisotopic (exact) mass is 498 g/mol. The van der Waals surface area contributed by atoms with Crippen LogP contribution in [0.1, 0.15) is 55.0 Å². The maximum absolute atomic E-state index is 13.4. The molecular formula is C30H30N2O5. The molecule has 1 amide bonds. The quantitative estimate of drug-likeness (QED) is 0.199. The number of ether oxygens (including phenoxy) is 2. The van der Waals surface area contributed by atoms with Crippen molar-refractivity contribution in [3.05, 3.63) is 94.8 Å². The summed E-state index contributed by atoms with van der Waals surface area (Å²) in [7, 11) is 0. The Kier molecular flexibility index (Phi) is 6.95. The number of pyridine rings is 1. The minimum atomic E-state index is -0.779. The van der Waals surface area contributed by atoms with Crippen LogP contribution in [0, 0.1) is 0 Å². The van der Waals surface area contributed by atoms with Gasteiger partial charge in [-0.25, -0.2) is 0 Å². The van der Waals surface area contributed by atoms with E-state index in [2.05, 4.69) is 11.9 Å². The number of carbonyl (C=O) groups is 2. The molecule has 2 aliphatic heterocycles. The summed E-state index contributed by atoms with van der Waals surface area (Å²) in [6.45, 7) is 4.83. The van der Waals surface area contributed by atoms with Crippen molar-refractivity contribution in [2.75, 3.05) is 6.61 Å². The lowest BCUT2D eigenvalue weighted by atomic mass is 9.94. The van der Waals surface area contributed by atoms with Crippen LogP contribution in [0.3, 0.4) is 0 Å². The lowest BCUT2D eigenvalue weighted by Crippen LogP contribution is -2.29. The van der Waals surface area contributed by atoms with Gasteiger partial charge in [-0.2, -0.15) is 0 Å². The van der Waals surface area contributed by atoms with Gasteiger partial charge in [0, 0.05) is 30.9 Å². The van der Waals surface area contributed by atoms with Gasteiger partial charge in [-0.3, -0.25) is 14.6 Å². The molecule has 5 rings (SSSR count). The molecule has 0 spiro atoms. The molecule has 0 saturated carbocycles. The second-order valence-electron chi connectivity index (χ2n) is 9.52. The van der Waals surface area contributed by atoms with E-state index in [1.807, 2.05) is 43.3 Å². The molecule has 1 fully saturated rings. The zero-order valence-corrected chi connectivity index (χ0v) is 21.0. The Hall–Kier alpha value is -4.13. The van der Waals surface area contributed by atoms with Gasteiger partial charge in [-0.05, 0) is 66.4 Å². The second-order valence-corrected chi connectivity index (χ2v) is 9.52. The van der Waals surface area contributed by atoms with Gasteiger partial charge in [0.15, 0.2) is 0 Å². The standard InChI is InChI=1S/C30H30N2O5/c1-3-4-13-36-24-9-5-8-21(16-24)27-26(28(33)22-10-11-25-23(15-22)14-19(2)37-25)29(34)30(35)32(27)18-20-7-6-12-31-17-20/h5-12,15-17,19,27,33H,3-4,13-14,18H2,1-2H3/t19-,27-/m0/s1. The van der Waals surface area contributed by atoms with Gasteiger partial charge < -0.3 is 19.5 Å². The molecule has 0 radical (unpaired) electrons. The minimum absolute atomic E-state index is 0.0490. The number of aliphatic hydroxyl groups is 1. The number of aliphatic hydroxyl groups excluding tert-OH is 1. The normalized spacial score (nSPS) is 20.1. The number of Topliss-reactive ketones (excluding diaryl/α,β-unsaturated/α-hetero) is 1. The average Bonchev–Trinajstić information content (AvgIpc) is 3.40. The number of hydrogen-bond acceptors (Lipinski definition) is 6. The number of nitrogens with zero attached hydrogens (tertiary/aromatic N) is 2. The van der Waals surface area contributed by atoms with Crippen LogP contribution < -0.4 is 9.47 Å². The molecule has 1 N–H and O–H groups in total. The van der Waals surface area contributed by atoms with Crippen LogP contribution >= 0.6 is 0 Å². The van der Waals surface area contributed by atoms with Crippen LogP contribution in [0.4, 0.5) is 0 Å². The zero-order valence-electron chi connectivity index (χ0n) is 21.0. The summed E-state index contributed by atoms with van der Waals surface area (Å²) in [4.78, 5) is 32.4. The Morgan fingerprint density at radius 2 is 2.03 bits per heavy atom. The van der Waals surface area contributed by atoms with Crippen LogP contribution in [-0.2, 0) is 22.6 Å². The molecule has 2 aromatic carbocycles. The molecule has 190 valence electrons. The third-order valence-electron chi connectivity index (χ3n) is 6.73. The third kappa shape index (κ3) is 4.94. The molecule has 7 nitrogen and oxygen atoms in total. The van der Waals surface area contributed by atoms with Crippen molar-refractivity contribution in [2.24, 2.45) is 0 Å². The van der Waals surface area contributed by atoms with E-state index in [4.69, 9.17) is 9.47 Å². The fourth-order valence-electron chi connectivity index (χ4n) is 4.91. The number of ketones is 1. The summed E-state index contributed by atoms with van der Waals surface area (Å²) < 4.78 is 11.7. The number of amides is 1. The molecule has 7 heteroatoms. The topological polar surface area (TPSA) is 89.0 Å². The Morgan fingerprint density at radius 3 is 2.81 bits per heavy atom. The SMILES string of the molecule is CCCCOc1cccc([C@H]2C(=C(O)c3ccc4c(c3)C[C@H](C)O4)C(=O)C(=O)N2Cc2cccnc2)c1. The van der Waals surface area contributed by atoms with Crippen molar-refractivity contribution in [1.29, 1.82) is 0 Å². The average molecular weight is 499 g/mol. The van der Waals surface area contributed by atoms with Crippen molar-refractivity contribution >= 4 is 17.4 Å². The van der Waals surface area contributed by atoms with E-state index in [0.29, 0.717) is 29.9 Å². The number of unbranched alkanes of at least 4 members (excludes halogenated alkanes) is 1. The van der Waals surface area contributed by atoms with Crippen LogP contribution in [0.15, 0.2) is 72.6 Å². The van der Waals surface area contributed by atoms with Gasteiger partial charge in [0.1, 0.15) is 23.4 Å². The highest BCUT2D eigenvalue weighted by Crippen LogP contribution is 2.42. The molecule has 2 atom stereocenters. The Bertz CT molecular complexity index is 1350. The van der Waals surface area contributed by atoms with Crippen LogP contribution in [0.5, 0.6) is 11.5 Å². The van der Waals surface area contributed by atoms with Gasteiger partial charge in [-0.15, -0.1) is 0 Å². The molecule has 1 aromatic heterocycles. The van der Waals surface area contributed by atoms with Gasteiger partial charge in [0.05, 0.1) is 18.2 Å². The molecule has 1 saturated heterocycles. The van der Waals surface area contributed by atoms with Crippen LogP contribution in [0.25, 0.3) is 5.76 Å². The summed E-state index contributed by atoms with van der Waals surface area (Å²) in [5, 5.41) is 11.5. The molecule has 37 heavy (non-hydrogen) atoms. The highest BCUT2D eigenvalue weighted by Gasteiger charge is 2.46. The van der Waals surface area contributed by atoms with Crippen molar-refractivity contribution < 1.29 is 24.2 Å². The van der Waals surface area contributed by atoms with Gasteiger partial charge >= 0.3 is 0 Å². The fourth-order valence-corrected chi connectivity index (χ4v) is 4.91. The molecule has 3 aromatic rings. The third-order valence-corrected chi connectivity index (χ3v) is 6.73. The van der Waals surface area contributed by atoms with Crippen LogP contribution in [0.2, 0.25) is 0 Å². The Balaban J connectivity index is 1.59. The maximum atomic E-state index is 13.4. The summed E-state index contributed by atoms with van der Waals surface area (Å²) in [6.07, 6.45) is 6.02. The Morgan fingerprint density at radius 1 is 1.16 bits per heavy atom. The first-order valence-electron chi connectivity index (χ1n) is 12.7. The van der Waals surface area contributed by atoms with E-state index >= 15 is 0 Å². The van der Waals surface area contributed by atoms with Crippen molar-refractivity contribution in [1.82, 2.24) is 9.88 Å². The molecule has 0 bridgehead atoms. The lowest BCUT2D eigenvalue weighted by Gasteiger charge is -2.25. The van der Waals surface area contributed by atoms with Gasteiger partial charge in [0.2, 0.25) is 0 Å². The first kappa shape index (κ1) is 24.6. The second kappa shape index (κ2) is 10.5. The number of carbonyl (C=O) groups excluding carboxylic acids is 2. The van der Waals surface area contributed by atoms with E-state index in [-0.39, 0.29) is 24.0 Å². The molecule has 0 unspecified atom stereocenters. The molecule has 2 aliphatic rings. The van der Waals surface area contributed by atoms with E-state index < -0.39 is 17.7 Å². The maximum Gasteiger partial charge on any atom is 0.295 e. The molecule has 3 heterocycles. The minimum Gasteiger partial charge on any atom is -0.507 e. The lowest BCUT2D eigenvalue weighted by molar-refractivity contribution is -0.140. The number of rotatable bonds is 8.